The van der Waals surface area contributed by atoms with Crippen LogP contribution in [-0.2, 0) is 0 Å². The Labute approximate surface area is 148 Å². The van der Waals surface area contributed by atoms with Gasteiger partial charge < -0.3 is 10.4 Å². The first-order valence-corrected chi connectivity index (χ1v) is 9.34. The smallest absolute Gasteiger partial charge is 0.404 e. The van der Waals surface area contributed by atoms with Crippen LogP contribution >= 0.6 is 0 Å². The van der Waals surface area contributed by atoms with Crippen LogP contribution in [0.15, 0.2) is 48.6 Å². The number of nitrogens with one attached hydrogen (secondary N) is 1. The molecule has 2 N–H and O–H groups in total. The molecule has 0 radical (unpaired) electrons. The first kappa shape index (κ1) is 22.2. The molecule has 0 aliphatic heterocycles. The van der Waals surface area contributed by atoms with Crippen molar-refractivity contribution in [3.05, 3.63) is 48.6 Å². The van der Waals surface area contributed by atoms with Gasteiger partial charge in [-0.2, -0.15) is 0 Å². The fraction of sp³-hybridized carbons (Fsp3) is 0.571. The van der Waals surface area contributed by atoms with Gasteiger partial charge in [0.15, 0.2) is 0 Å². The molecule has 0 atom stereocenters. The molecule has 1 amide bonds. The summed E-state index contributed by atoms with van der Waals surface area (Å²) in [4.78, 5) is 10.2. The molecule has 3 heteroatoms. The highest BCUT2D eigenvalue weighted by Gasteiger charge is 1.91. The maximum Gasteiger partial charge on any atom is 0.404 e. The summed E-state index contributed by atoms with van der Waals surface area (Å²) in [5, 5.41) is 10.8. The van der Waals surface area contributed by atoms with Crippen molar-refractivity contribution in [3.8, 4) is 0 Å². The van der Waals surface area contributed by atoms with Crippen molar-refractivity contribution in [3.63, 3.8) is 0 Å². The van der Waals surface area contributed by atoms with E-state index in [4.69, 9.17) is 5.11 Å². The van der Waals surface area contributed by atoms with Gasteiger partial charge in [0, 0.05) is 6.54 Å². The minimum Gasteiger partial charge on any atom is -0.465 e. The van der Waals surface area contributed by atoms with Gasteiger partial charge in [0.05, 0.1) is 0 Å². The largest absolute Gasteiger partial charge is 0.465 e. The summed E-state index contributed by atoms with van der Waals surface area (Å²) in [7, 11) is 0. The molecular weight excluding hydrogens is 298 g/mol. The van der Waals surface area contributed by atoms with Gasteiger partial charge in [-0.15, -0.1) is 0 Å². The highest BCUT2D eigenvalue weighted by Crippen LogP contribution is 2.01. The molecule has 3 nitrogen and oxygen atoms in total. The van der Waals surface area contributed by atoms with E-state index in [-0.39, 0.29) is 0 Å². The minimum atomic E-state index is -0.937. The van der Waals surface area contributed by atoms with Crippen LogP contribution < -0.4 is 5.32 Å². The van der Waals surface area contributed by atoms with E-state index in [0.29, 0.717) is 6.54 Å². The van der Waals surface area contributed by atoms with E-state index in [1.165, 1.54) is 25.7 Å². The van der Waals surface area contributed by atoms with Crippen LogP contribution in [0.1, 0.15) is 71.1 Å². The standard InChI is InChI=1S/C21H35NO2/c1-2-3-4-5-6-7-8-9-10-11-12-13-14-15-16-17-18-19-20-22-21(23)24/h6-7,9-10,12-13,15-16,22H,2-5,8,11,14,17-20H2,1H3,(H,23,24)/b7-6-,10-9-,13-12-,16-15-. The summed E-state index contributed by atoms with van der Waals surface area (Å²) in [6, 6.07) is 0. The van der Waals surface area contributed by atoms with E-state index in [2.05, 4.69) is 60.8 Å². The Kier molecular flexibility index (Phi) is 17.9. The van der Waals surface area contributed by atoms with Gasteiger partial charge in [-0.25, -0.2) is 4.79 Å². The van der Waals surface area contributed by atoms with Gasteiger partial charge in [0.25, 0.3) is 0 Å². The van der Waals surface area contributed by atoms with Crippen LogP contribution in [0.3, 0.4) is 0 Å². The lowest BCUT2D eigenvalue weighted by Gasteiger charge is -1.98. The number of amides is 1. The van der Waals surface area contributed by atoms with Crippen LogP contribution in [0.25, 0.3) is 0 Å². The van der Waals surface area contributed by atoms with Crippen molar-refractivity contribution in [1.29, 1.82) is 0 Å². The minimum absolute atomic E-state index is 0.545. The number of allylic oxidation sites excluding steroid dienone is 8. The third-order valence-corrected chi connectivity index (χ3v) is 3.53. The fourth-order valence-electron chi connectivity index (χ4n) is 2.14. The molecule has 0 saturated carbocycles. The normalized spacial score (nSPS) is 12.2. The van der Waals surface area contributed by atoms with Crippen LogP contribution in [0, 0.1) is 0 Å². The van der Waals surface area contributed by atoms with Gasteiger partial charge in [-0.3, -0.25) is 0 Å². The molecule has 0 aliphatic rings. The number of hydrogen-bond donors (Lipinski definition) is 2. The average Bonchev–Trinajstić information content (AvgIpc) is 2.56. The summed E-state index contributed by atoms with van der Waals surface area (Å²) in [6.45, 7) is 2.78. The SMILES string of the molecule is CCCCC/C=C\C/C=C\C/C=C\C/C=C\CCCCNC(=O)O. The molecule has 0 aromatic carbocycles. The molecular formula is C21H35NO2. The molecule has 0 aromatic rings. The summed E-state index contributed by atoms with van der Waals surface area (Å²) in [5.74, 6) is 0. The monoisotopic (exact) mass is 333 g/mol. The Hall–Kier alpha value is -1.77. The number of carboxylic acid groups (broad SMARTS) is 1. The van der Waals surface area contributed by atoms with E-state index in [1.807, 2.05) is 0 Å². The summed E-state index contributed by atoms with van der Waals surface area (Å²) in [6.07, 6.45) is 27.9. The first-order chi connectivity index (χ1) is 11.8. The second-order valence-electron chi connectivity index (χ2n) is 5.82. The third kappa shape index (κ3) is 20.2. The molecule has 0 rings (SSSR count). The van der Waals surface area contributed by atoms with E-state index in [1.54, 1.807) is 0 Å². The maximum absolute atomic E-state index is 10.2. The van der Waals surface area contributed by atoms with Crippen molar-refractivity contribution < 1.29 is 9.90 Å². The topological polar surface area (TPSA) is 49.3 Å². The fourth-order valence-corrected chi connectivity index (χ4v) is 2.14. The van der Waals surface area contributed by atoms with E-state index in [0.717, 1.165) is 38.5 Å². The zero-order chi connectivity index (χ0) is 17.7. The molecule has 0 aromatic heterocycles. The number of rotatable bonds is 15. The summed E-state index contributed by atoms with van der Waals surface area (Å²) >= 11 is 0. The predicted molar refractivity (Wildman–Crippen MR) is 104 cm³/mol. The Morgan fingerprint density at radius 2 is 1.21 bits per heavy atom. The zero-order valence-electron chi connectivity index (χ0n) is 15.3. The summed E-state index contributed by atoms with van der Waals surface area (Å²) in [5.41, 5.74) is 0. The van der Waals surface area contributed by atoms with Crippen LogP contribution in [0.4, 0.5) is 4.79 Å². The molecule has 0 fully saturated rings. The van der Waals surface area contributed by atoms with Gasteiger partial charge in [0.2, 0.25) is 0 Å². The maximum atomic E-state index is 10.2. The zero-order valence-corrected chi connectivity index (χ0v) is 15.3. The van der Waals surface area contributed by atoms with Crippen molar-refractivity contribution in [1.82, 2.24) is 5.32 Å². The molecule has 0 spiro atoms. The molecule has 0 unspecified atom stereocenters. The highest BCUT2D eigenvalue weighted by atomic mass is 16.4. The van der Waals surface area contributed by atoms with E-state index < -0.39 is 6.09 Å². The lowest BCUT2D eigenvalue weighted by atomic mass is 10.2. The number of hydrogen-bond acceptors (Lipinski definition) is 1. The molecule has 0 saturated heterocycles. The molecule has 24 heavy (non-hydrogen) atoms. The number of carbonyl (C=O) groups is 1. The Morgan fingerprint density at radius 3 is 1.67 bits per heavy atom. The second kappa shape index (κ2) is 19.3. The molecule has 0 aliphatic carbocycles. The van der Waals surface area contributed by atoms with Crippen LogP contribution in [0.5, 0.6) is 0 Å². The lowest BCUT2D eigenvalue weighted by Crippen LogP contribution is -2.21. The second-order valence-corrected chi connectivity index (χ2v) is 5.82. The van der Waals surface area contributed by atoms with Gasteiger partial charge in [0.1, 0.15) is 0 Å². The van der Waals surface area contributed by atoms with Gasteiger partial charge >= 0.3 is 6.09 Å². The van der Waals surface area contributed by atoms with Crippen LogP contribution in [-0.4, -0.2) is 17.7 Å². The lowest BCUT2D eigenvalue weighted by molar-refractivity contribution is 0.194. The van der Waals surface area contributed by atoms with Crippen molar-refractivity contribution in [2.24, 2.45) is 0 Å². The molecule has 0 heterocycles. The third-order valence-electron chi connectivity index (χ3n) is 3.53. The highest BCUT2D eigenvalue weighted by molar-refractivity contribution is 5.64. The summed E-state index contributed by atoms with van der Waals surface area (Å²) < 4.78 is 0. The van der Waals surface area contributed by atoms with Crippen molar-refractivity contribution in [2.45, 2.75) is 71.1 Å². The Balaban J connectivity index is 3.37. The Morgan fingerprint density at radius 1 is 0.750 bits per heavy atom. The molecule has 136 valence electrons. The van der Waals surface area contributed by atoms with E-state index >= 15 is 0 Å². The quantitative estimate of drug-likeness (QED) is 0.269. The number of unbranched alkanes of at least 4 members (excludes halogenated alkanes) is 5. The van der Waals surface area contributed by atoms with Crippen LogP contribution in [0.2, 0.25) is 0 Å². The van der Waals surface area contributed by atoms with E-state index in [9.17, 15) is 4.79 Å². The van der Waals surface area contributed by atoms with Crippen molar-refractivity contribution in [2.75, 3.05) is 6.54 Å². The molecule has 0 bridgehead atoms. The predicted octanol–water partition coefficient (Wildman–Crippen LogP) is 6.40. The first-order valence-electron chi connectivity index (χ1n) is 9.34. The average molecular weight is 334 g/mol. The Bertz CT molecular complexity index is 395. The van der Waals surface area contributed by atoms with Gasteiger partial charge in [-0.05, 0) is 51.4 Å². The van der Waals surface area contributed by atoms with Gasteiger partial charge in [-0.1, -0.05) is 68.4 Å². The van der Waals surface area contributed by atoms with Crippen molar-refractivity contribution >= 4 is 6.09 Å².